The summed E-state index contributed by atoms with van der Waals surface area (Å²) in [7, 11) is 0. The number of halogens is 1. The largest absolute Gasteiger partial charge is 0.457 e. The zero-order valence-electron chi connectivity index (χ0n) is 10.5. The zero-order valence-corrected chi connectivity index (χ0v) is 11.2. The second kappa shape index (κ2) is 7.14. The summed E-state index contributed by atoms with van der Waals surface area (Å²) in [4.78, 5) is 0. The molecule has 4 heteroatoms. The summed E-state index contributed by atoms with van der Waals surface area (Å²) in [6.07, 6.45) is 0. The molecule has 2 aromatic rings. The number of benzene rings is 2. The van der Waals surface area contributed by atoms with Crippen molar-refractivity contribution in [3.63, 3.8) is 0 Å². The molecule has 0 bridgehead atoms. The van der Waals surface area contributed by atoms with Gasteiger partial charge >= 0.3 is 0 Å². The number of aliphatic hydroxyl groups is 1. The van der Waals surface area contributed by atoms with E-state index in [2.05, 4.69) is 5.32 Å². The van der Waals surface area contributed by atoms with Gasteiger partial charge in [0.2, 0.25) is 0 Å². The van der Waals surface area contributed by atoms with Gasteiger partial charge in [-0.25, -0.2) is 0 Å². The molecule has 0 heterocycles. The van der Waals surface area contributed by atoms with Crippen LogP contribution >= 0.6 is 11.6 Å². The van der Waals surface area contributed by atoms with E-state index in [0.29, 0.717) is 11.6 Å². The van der Waals surface area contributed by atoms with Crippen molar-refractivity contribution in [3.05, 3.63) is 59.1 Å². The van der Waals surface area contributed by atoms with Crippen LogP contribution in [0.2, 0.25) is 5.02 Å². The predicted octanol–water partition coefficient (Wildman–Crippen LogP) is 3.21. The summed E-state index contributed by atoms with van der Waals surface area (Å²) in [6, 6.07) is 15.1. The van der Waals surface area contributed by atoms with Crippen LogP contribution < -0.4 is 10.1 Å². The number of ether oxygens (including phenoxy) is 1. The normalized spacial score (nSPS) is 10.4. The number of rotatable bonds is 6. The Morgan fingerprint density at radius 3 is 2.11 bits per heavy atom. The van der Waals surface area contributed by atoms with Crippen molar-refractivity contribution in [1.29, 1.82) is 0 Å². The van der Waals surface area contributed by atoms with Crippen LogP contribution in [-0.4, -0.2) is 18.3 Å². The lowest BCUT2D eigenvalue weighted by molar-refractivity contribution is 0.292. The van der Waals surface area contributed by atoms with Crippen LogP contribution in [-0.2, 0) is 6.54 Å². The first-order valence-corrected chi connectivity index (χ1v) is 6.49. The molecule has 100 valence electrons. The molecule has 0 saturated carbocycles. The molecule has 0 unspecified atom stereocenters. The lowest BCUT2D eigenvalue weighted by Crippen LogP contribution is -2.17. The molecule has 2 N–H and O–H groups in total. The Kier molecular flexibility index (Phi) is 5.21. The van der Waals surface area contributed by atoms with E-state index >= 15 is 0 Å². The molecule has 0 aliphatic carbocycles. The maximum Gasteiger partial charge on any atom is 0.127 e. The number of aliphatic hydroxyl groups excluding tert-OH is 1. The Hall–Kier alpha value is -1.55. The molecule has 0 radical (unpaired) electrons. The van der Waals surface area contributed by atoms with Crippen LogP contribution in [0.5, 0.6) is 11.5 Å². The number of hydrogen-bond acceptors (Lipinski definition) is 3. The molecule has 0 amide bonds. The molecular weight excluding hydrogens is 262 g/mol. The highest BCUT2D eigenvalue weighted by molar-refractivity contribution is 6.30. The molecule has 2 aromatic carbocycles. The summed E-state index contributed by atoms with van der Waals surface area (Å²) in [5.41, 5.74) is 1.15. The van der Waals surface area contributed by atoms with Gasteiger partial charge < -0.3 is 15.2 Å². The summed E-state index contributed by atoms with van der Waals surface area (Å²) >= 11 is 5.82. The molecule has 0 aliphatic rings. The van der Waals surface area contributed by atoms with Crippen molar-refractivity contribution < 1.29 is 9.84 Å². The molecule has 19 heavy (non-hydrogen) atoms. The first kappa shape index (κ1) is 13.9. The van der Waals surface area contributed by atoms with Crippen LogP contribution in [0.1, 0.15) is 5.56 Å². The van der Waals surface area contributed by atoms with E-state index in [9.17, 15) is 0 Å². The summed E-state index contributed by atoms with van der Waals surface area (Å²) in [5.74, 6) is 1.55. The lowest BCUT2D eigenvalue weighted by Gasteiger charge is -2.07. The second-order valence-electron chi connectivity index (χ2n) is 4.10. The van der Waals surface area contributed by atoms with Crippen molar-refractivity contribution in [2.24, 2.45) is 0 Å². The first-order valence-electron chi connectivity index (χ1n) is 6.12. The third kappa shape index (κ3) is 4.56. The van der Waals surface area contributed by atoms with Crippen LogP contribution in [0.15, 0.2) is 48.5 Å². The van der Waals surface area contributed by atoms with Gasteiger partial charge in [0.15, 0.2) is 0 Å². The Balaban J connectivity index is 1.92. The molecular formula is C15H16ClNO2. The van der Waals surface area contributed by atoms with Crippen molar-refractivity contribution in [1.82, 2.24) is 5.32 Å². The lowest BCUT2D eigenvalue weighted by atomic mass is 10.2. The van der Waals surface area contributed by atoms with Crippen LogP contribution in [0.25, 0.3) is 0 Å². The van der Waals surface area contributed by atoms with Crippen LogP contribution in [0.3, 0.4) is 0 Å². The standard InChI is InChI=1S/C15H16ClNO2/c16-13-3-7-15(8-4-13)19-14-5-1-12(2-6-14)11-17-9-10-18/h1-8,17-18H,9-11H2. The fourth-order valence-electron chi connectivity index (χ4n) is 1.63. The van der Waals surface area contributed by atoms with Crippen molar-refractivity contribution in [2.75, 3.05) is 13.2 Å². The third-order valence-corrected chi connectivity index (χ3v) is 2.84. The molecule has 0 aromatic heterocycles. The second-order valence-corrected chi connectivity index (χ2v) is 4.54. The van der Waals surface area contributed by atoms with E-state index in [1.54, 1.807) is 12.1 Å². The SMILES string of the molecule is OCCNCc1ccc(Oc2ccc(Cl)cc2)cc1. The van der Waals surface area contributed by atoms with Gasteiger partial charge in [-0.3, -0.25) is 0 Å². The molecule has 0 spiro atoms. The van der Waals surface area contributed by atoms with Crippen LogP contribution in [0, 0.1) is 0 Å². The van der Waals surface area contributed by atoms with Gasteiger partial charge in [0.05, 0.1) is 6.61 Å². The van der Waals surface area contributed by atoms with E-state index in [-0.39, 0.29) is 6.61 Å². The minimum absolute atomic E-state index is 0.151. The van der Waals surface area contributed by atoms with Gasteiger partial charge in [0.25, 0.3) is 0 Å². The highest BCUT2D eigenvalue weighted by Crippen LogP contribution is 2.23. The molecule has 0 atom stereocenters. The molecule has 0 fully saturated rings. The Labute approximate surface area is 117 Å². The van der Waals surface area contributed by atoms with Gasteiger partial charge in [-0.2, -0.15) is 0 Å². The minimum atomic E-state index is 0.151. The highest BCUT2D eigenvalue weighted by atomic mass is 35.5. The van der Waals surface area contributed by atoms with Crippen LogP contribution in [0.4, 0.5) is 0 Å². The third-order valence-electron chi connectivity index (χ3n) is 2.59. The summed E-state index contributed by atoms with van der Waals surface area (Å²) in [5, 5.41) is 12.5. The van der Waals surface area contributed by atoms with E-state index in [1.807, 2.05) is 36.4 Å². The Bertz CT molecular complexity index is 497. The fourth-order valence-corrected chi connectivity index (χ4v) is 1.75. The van der Waals surface area contributed by atoms with E-state index in [4.69, 9.17) is 21.4 Å². The monoisotopic (exact) mass is 277 g/mol. The molecule has 3 nitrogen and oxygen atoms in total. The van der Waals surface area contributed by atoms with E-state index in [0.717, 1.165) is 23.6 Å². The average Bonchev–Trinajstić information content (AvgIpc) is 2.44. The minimum Gasteiger partial charge on any atom is -0.457 e. The van der Waals surface area contributed by atoms with Crippen molar-refractivity contribution in [3.8, 4) is 11.5 Å². The van der Waals surface area contributed by atoms with Gasteiger partial charge in [0, 0.05) is 18.1 Å². The topological polar surface area (TPSA) is 41.5 Å². The fraction of sp³-hybridized carbons (Fsp3) is 0.200. The van der Waals surface area contributed by atoms with E-state index < -0.39 is 0 Å². The Morgan fingerprint density at radius 2 is 1.53 bits per heavy atom. The molecule has 2 rings (SSSR count). The van der Waals surface area contributed by atoms with Gasteiger partial charge in [-0.05, 0) is 42.0 Å². The first-order chi connectivity index (χ1) is 9.28. The van der Waals surface area contributed by atoms with E-state index in [1.165, 1.54) is 0 Å². The molecule has 0 aliphatic heterocycles. The van der Waals surface area contributed by atoms with Gasteiger partial charge in [-0.15, -0.1) is 0 Å². The smallest absolute Gasteiger partial charge is 0.127 e. The maximum absolute atomic E-state index is 8.68. The quantitative estimate of drug-likeness (QED) is 0.797. The average molecular weight is 278 g/mol. The summed E-state index contributed by atoms with van der Waals surface area (Å²) < 4.78 is 5.69. The van der Waals surface area contributed by atoms with Crippen molar-refractivity contribution >= 4 is 11.6 Å². The number of nitrogens with one attached hydrogen (secondary N) is 1. The Morgan fingerprint density at radius 1 is 0.947 bits per heavy atom. The zero-order chi connectivity index (χ0) is 13.5. The predicted molar refractivity (Wildman–Crippen MR) is 76.8 cm³/mol. The van der Waals surface area contributed by atoms with Gasteiger partial charge in [-0.1, -0.05) is 23.7 Å². The number of hydrogen-bond donors (Lipinski definition) is 2. The van der Waals surface area contributed by atoms with Gasteiger partial charge in [0.1, 0.15) is 11.5 Å². The van der Waals surface area contributed by atoms with Crippen molar-refractivity contribution in [2.45, 2.75) is 6.54 Å². The highest BCUT2D eigenvalue weighted by Gasteiger charge is 1.98. The maximum atomic E-state index is 8.68. The summed E-state index contributed by atoms with van der Waals surface area (Å²) in [6.45, 7) is 1.49. The molecule has 0 saturated heterocycles.